The number of hydrogen-bond donors (Lipinski definition) is 2. The number of nitrogens with two attached hydrogens (primary N) is 1. The quantitative estimate of drug-likeness (QED) is 0.772. The third-order valence-corrected chi connectivity index (χ3v) is 6.30. The Morgan fingerprint density at radius 3 is 2.48 bits per heavy atom. The largest absolute Gasteiger partial charge is 0.368 e. The summed E-state index contributed by atoms with van der Waals surface area (Å²) < 4.78 is 25.5. The van der Waals surface area contributed by atoms with Crippen molar-refractivity contribution in [3.63, 3.8) is 0 Å². The second kappa shape index (κ2) is 7.79. The van der Waals surface area contributed by atoms with Crippen molar-refractivity contribution < 1.29 is 18.0 Å². The van der Waals surface area contributed by atoms with Crippen molar-refractivity contribution in [2.45, 2.75) is 18.9 Å². The fourth-order valence-corrected chi connectivity index (χ4v) is 4.60. The molecule has 1 heterocycles. The first-order valence-corrected chi connectivity index (χ1v) is 10.2. The molecule has 1 aliphatic rings. The van der Waals surface area contributed by atoms with Gasteiger partial charge in [0, 0.05) is 18.5 Å². The second-order valence-electron chi connectivity index (χ2n) is 6.41. The van der Waals surface area contributed by atoms with Crippen molar-refractivity contribution in [2.75, 3.05) is 16.6 Å². The van der Waals surface area contributed by atoms with E-state index in [2.05, 4.69) is 5.32 Å². The van der Waals surface area contributed by atoms with E-state index in [0.717, 1.165) is 5.56 Å². The van der Waals surface area contributed by atoms with E-state index < -0.39 is 27.9 Å². The molecule has 142 valence electrons. The molecule has 1 aliphatic heterocycles. The van der Waals surface area contributed by atoms with E-state index in [1.165, 1.54) is 10.4 Å². The van der Waals surface area contributed by atoms with Crippen LogP contribution in [0.2, 0.25) is 0 Å². The molecule has 0 radical (unpaired) electrons. The summed E-state index contributed by atoms with van der Waals surface area (Å²) >= 11 is 0. The molecular formula is C19H21N3O4S. The fraction of sp³-hybridized carbons (Fsp3) is 0.263. The summed E-state index contributed by atoms with van der Waals surface area (Å²) in [6, 6.07) is 14.7. The van der Waals surface area contributed by atoms with E-state index in [1.54, 1.807) is 18.2 Å². The molecule has 0 saturated carbocycles. The Kier molecular flexibility index (Phi) is 5.46. The number of rotatable bonds is 6. The van der Waals surface area contributed by atoms with Gasteiger partial charge in [-0.25, -0.2) is 8.42 Å². The first kappa shape index (κ1) is 18.9. The molecule has 3 rings (SSSR count). The lowest BCUT2D eigenvalue weighted by atomic mass is 10.0. The Balaban J connectivity index is 1.76. The van der Waals surface area contributed by atoms with E-state index in [4.69, 9.17) is 5.73 Å². The van der Waals surface area contributed by atoms with Crippen LogP contribution in [-0.4, -0.2) is 38.6 Å². The van der Waals surface area contributed by atoms with Gasteiger partial charge in [-0.15, -0.1) is 0 Å². The van der Waals surface area contributed by atoms with E-state index in [0.29, 0.717) is 18.7 Å². The Morgan fingerprint density at radius 1 is 1.11 bits per heavy atom. The lowest BCUT2D eigenvalue weighted by Gasteiger charge is -2.19. The summed E-state index contributed by atoms with van der Waals surface area (Å²) in [7, 11) is -3.33. The summed E-state index contributed by atoms with van der Waals surface area (Å²) in [6.45, 7) is 0.394. The number of hydrogen-bond acceptors (Lipinski definition) is 4. The van der Waals surface area contributed by atoms with Gasteiger partial charge in [-0.3, -0.25) is 13.9 Å². The van der Waals surface area contributed by atoms with Crippen LogP contribution in [0.4, 0.5) is 5.69 Å². The molecule has 1 fully saturated rings. The van der Waals surface area contributed by atoms with Crippen LogP contribution in [0, 0.1) is 0 Å². The van der Waals surface area contributed by atoms with Gasteiger partial charge in [0.05, 0.1) is 11.4 Å². The summed E-state index contributed by atoms with van der Waals surface area (Å²) in [5.74, 6) is -1.01. The Labute approximate surface area is 158 Å². The first-order valence-electron chi connectivity index (χ1n) is 8.61. The van der Waals surface area contributed by atoms with Crippen LogP contribution < -0.4 is 15.4 Å². The minimum absolute atomic E-state index is 0.101. The zero-order valence-electron chi connectivity index (χ0n) is 14.7. The third-order valence-electron chi connectivity index (χ3n) is 4.43. The Morgan fingerprint density at radius 2 is 1.85 bits per heavy atom. The molecular weight excluding hydrogens is 366 g/mol. The lowest BCUT2D eigenvalue weighted by molar-refractivity contribution is -0.119. The summed E-state index contributed by atoms with van der Waals surface area (Å²) in [6.07, 6.45) is 0.835. The molecule has 2 aromatic carbocycles. The highest BCUT2D eigenvalue weighted by atomic mass is 32.2. The fourth-order valence-electron chi connectivity index (χ4n) is 3.05. The number of carbonyl (C=O) groups is 2. The van der Waals surface area contributed by atoms with Crippen LogP contribution in [0.25, 0.3) is 0 Å². The van der Waals surface area contributed by atoms with Crippen LogP contribution in [-0.2, 0) is 21.2 Å². The molecule has 1 atom stereocenters. The average molecular weight is 387 g/mol. The van der Waals surface area contributed by atoms with Gasteiger partial charge in [-0.1, -0.05) is 36.4 Å². The maximum Gasteiger partial charge on any atom is 0.252 e. The predicted octanol–water partition coefficient (Wildman–Crippen LogP) is 1.05. The average Bonchev–Trinajstić information content (AvgIpc) is 3.01. The molecule has 1 saturated heterocycles. The second-order valence-corrected chi connectivity index (χ2v) is 8.42. The molecule has 8 heteroatoms. The number of anilines is 1. The van der Waals surface area contributed by atoms with Crippen molar-refractivity contribution in [3.8, 4) is 0 Å². The van der Waals surface area contributed by atoms with Gasteiger partial charge in [-0.05, 0) is 30.2 Å². The molecule has 0 spiro atoms. The van der Waals surface area contributed by atoms with Crippen LogP contribution in [0.5, 0.6) is 0 Å². The van der Waals surface area contributed by atoms with Gasteiger partial charge < -0.3 is 11.1 Å². The molecule has 27 heavy (non-hydrogen) atoms. The number of carbonyl (C=O) groups excluding carboxylic acids is 2. The minimum atomic E-state index is -3.33. The van der Waals surface area contributed by atoms with Crippen molar-refractivity contribution in [1.82, 2.24) is 5.32 Å². The zero-order valence-corrected chi connectivity index (χ0v) is 15.5. The normalized spacial score (nSPS) is 16.7. The monoisotopic (exact) mass is 387 g/mol. The Hall–Kier alpha value is -2.87. The van der Waals surface area contributed by atoms with E-state index in [1.807, 2.05) is 30.3 Å². The number of nitrogens with zero attached hydrogens (tertiary/aromatic N) is 1. The van der Waals surface area contributed by atoms with Gasteiger partial charge in [-0.2, -0.15) is 0 Å². The summed E-state index contributed by atoms with van der Waals surface area (Å²) in [4.78, 5) is 24.3. The van der Waals surface area contributed by atoms with E-state index >= 15 is 0 Å². The van der Waals surface area contributed by atoms with Crippen molar-refractivity contribution in [1.29, 1.82) is 0 Å². The van der Waals surface area contributed by atoms with Gasteiger partial charge in [0.1, 0.15) is 6.04 Å². The predicted molar refractivity (Wildman–Crippen MR) is 103 cm³/mol. The van der Waals surface area contributed by atoms with E-state index in [-0.39, 0.29) is 17.7 Å². The summed E-state index contributed by atoms with van der Waals surface area (Å²) in [5.41, 5.74) is 7.02. The number of amides is 2. The van der Waals surface area contributed by atoms with Crippen molar-refractivity contribution in [3.05, 3.63) is 65.7 Å². The van der Waals surface area contributed by atoms with Gasteiger partial charge in [0.2, 0.25) is 15.9 Å². The molecule has 2 aromatic rings. The van der Waals surface area contributed by atoms with Gasteiger partial charge >= 0.3 is 0 Å². The van der Waals surface area contributed by atoms with Gasteiger partial charge in [0.15, 0.2) is 0 Å². The summed E-state index contributed by atoms with van der Waals surface area (Å²) in [5, 5.41) is 2.64. The highest BCUT2D eigenvalue weighted by Crippen LogP contribution is 2.24. The van der Waals surface area contributed by atoms with Crippen LogP contribution in [0.15, 0.2) is 54.6 Å². The molecule has 0 aliphatic carbocycles. The zero-order chi connectivity index (χ0) is 19.4. The number of nitrogens with one attached hydrogen (secondary N) is 1. The molecule has 0 bridgehead atoms. The number of sulfonamides is 1. The Bertz CT molecular complexity index is 944. The van der Waals surface area contributed by atoms with Crippen LogP contribution in [0.3, 0.4) is 0 Å². The van der Waals surface area contributed by atoms with Gasteiger partial charge in [0.25, 0.3) is 5.91 Å². The van der Waals surface area contributed by atoms with E-state index in [9.17, 15) is 18.0 Å². The van der Waals surface area contributed by atoms with Crippen LogP contribution >= 0.6 is 0 Å². The van der Waals surface area contributed by atoms with Crippen molar-refractivity contribution in [2.24, 2.45) is 5.73 Å². The van der Waals surface area contributed by atoms with Crippen LogP contribution in [0.1, 0.15) is 22.3 Å². The smallest absolute Gasteiger partial charge is 0.252 e. The molecule has 7 nitrogen and oxygen atoms in total. The highest BCUT2D eigenvalue weighted by molar-refractivity contribution is 7.93. The molecule has 2 amide bonds. The molecule has 3 N–H and O–H groups in total. The molecule has 0 unspecified atom stereocenters. The minimum Gasteiger partial charge on any atom is -0.368 e. The first-order chi connectivity index (χ1) is 12.9. The number of benzene rings is 2. The lowest BCUT2D eigenvalue weighted by Crippen LogP contribution is -2.45. The number of primary amides is 1. The van der Waals surface area contributed by atoms with Crippen molar-refractivity contribution >= 4 is 27.5 Å². The third kappa shape index (κ3) is 4.46. The standard InChI is InChI=1S/C19H21N3O4S/c20-18(23)17(12-14-6-2-1-3-7-14)21-19(24)15-8-4-9-16(13-15)22-10-5-11-27(22,25)26/h1-4,6-9,13,17H,5,10-12H2,(H2,20,23)(H,21,24)/t17-/m0/s1. The highest BCUT2D eigenvalue weighted by Gasteiger charge is 2.29. The molecule has 0 aromatic heterocycles. The SMILES string of the molecule is NC(=O)[C@H](Cc1ccccc1)NC(=O)c1cccc(N2CCCS2(=O)=O)c1. The maximum absolute atomic E-state index is 12.6. The topological polar surface area (TPSA) is 110 Å². The maximum atomic E-state index is 12.6.